The van der Waals surface area contributed by atoms with Crippen molar-refractivity contribution < 1.29 is 0 Å². The van der Waals surface area contributed by atoms with Crippen LogP contribution in [0, 0.1) is 6.92 Å². The number of hydrogen-bond donors (Lipinski definition) is 0. The van der Waals surface area contributed by atoms with Gasteiger partial charge < -0.3 is 0 Å². The smallest absolute Gasteiger partial charge is 0.0659 e. The molecule has 0 N–H and O–H groups in total. The molecule has 0 fully saturated rings. The summed E-state index contributed by atoms with van der Waals surface area (Å²) in [4.78, 5) is 0. The van der Waals surface area contributed by atoms with Gasteiger partial charge in [-0.3, -0.25) is 4.68 Å². The minimum atomic E-state index is 0.753. The number of halogens is 1. The molecule has 0 spiro atoms. The second kappa shape index (κ2) is 5.51. The molecule has 3 heteroatoms. The third kappa shape index (κ3) is 2.91. The summed E-state index contributed by atoms with van der Waals surface area (Å²) in [7, 11) is 0. The highest BCUT2D eigenvalue weighted by atomic mass is 35.5. The van der Waals surface area contributed by atoms with Crippen LogP contribution in [-0.2, 0) is 6.54 Å². The number of nitrogens with zero attached hydrogens (tertiary/aromatic N) is 2. The summed E-state index contributed by atoms with van der Waals surface area (Å²) in [5.41, 5.74) is 4.78. The van der Waals surface area contributed by atoms with Gasteiger partial charge in [0.05, 0.1) is 12.7 Å². The number of aryl methyl sites for hydroxylation is 1. The Balaban J connectivity index is 1.80. The molecule has 0 saturated carbocycles. The molecule has 1 aromatic heterocycles. The number of hydrogen-bond acceptors (Lipinski definition) is 1. The Kier molecular flexibility index (Phi) is 3.57. The highest BCUT2D eigenvalue weighted by molar-refractivity contribution is 6.30. The van der Waals surface area contributed by atoms with Gasteiger partial charge in [0.25, 0.3) is 0 Å². The van der Waals surface area contributed by atoms with Crippen LogP contribution in [0.4, 0.5) is 0 Å². The third-order valence-corrected chi connectivity index (χ3v) is 3.53. The van der Waals surface area contributed by atoms with E-state index < -0.39 is 0 Å². The molecule has 100 valence electrons. The van der Waals surface area contributed by atoms with Gasteiger partial charge in [0.2, 0.25) is 0 Å². The highest BCUT2D eigenvalue weighted by Gasteiger charge is 2.02. The van der Waals surface area contributed by atoms with Gasteiger partial charge in [-0.25, -0.2) is 0 Å². The fraction of sp³-hybridized carbons (Fsp3) is 0.118. The van der Waals surface area contributed by atoms with E-state index >= 15 is 0 Å². The maximum atomic E-state index is 5.89. The molecule has 0 unspecified atom stereocenters. The molecule has 3 aromatic rings. The van der Waals surface area contributed by atoms with E-state index in [4.69, 9.17) is 11.6 Å². The van der Waals surface area contributed by atoms with Crippen molar-refractivity contribution in [2.75, 3.05) is 0 Å². The van der Waals surface area contributed by atoms with Crippen molar-refractivity contribution in [3.05, 3.63) is 77.1 Å². The standard InChI is InChI=1S/C17H15ClN2/c1-13-2-6-15(7-3-13)16-10-19-20(12-16)11-14-4-8-17(18)9-5-14/h2-10,12H,11H2,1H3. The van der Waals surface area contributed by atoms with Gasteiger partial charge in [-0.05, 0) is 30.2 Å². The van der Waals surface area contributed by atoms with Crippen LogP contribution in [0.25, 0.3) is 11.1 Å². The predicted octanol–water partition coefficient (Wildman–Crippen LogP) is 4.56. The van der Waals surface area contributed by atoms with Crippen LogP contribution in [0.3, 0.4) is 0 Å². The molecular formula is C17H15ClN2. The Hall–Kier alpha value is -2.06. The minimum absolute atomic E-state index is 0.753. The zero-order valence-electron chi connectivity index (χ0n) is 11.3. The Morgan fingerprint density at radius 2 is 1.65 bits per heavy atom. The topological polar surface area (TPSA) is 17.8 Å². The normalized spacial score (nSPS) is 10.7. The van der Waals surface area contributed by atoms with Crippen molar-refractivity contribution >= 4 is 11.6 Å². The third-order valence-electron chi connectivity index (χ3n) is 3.28. The Morgan fingerprint density at radius 3 is 2.35 bits per heavy atom. The second-order valence-corrected chi connectivity index (χ2v) is 5.36. The molecule has 0 amide bonds. The maximum absolute atomic E-state index is 5.89. The van der Waals surface area contributed by atoms with E-state index in [1.807, 2.05) is 35.1 Å². The lowest BCUT2D eigenvalue weighted by Gasteiger charge is -2.02. The lowest BCUT2D eigenvalue weighted by molar-refractivity contribution is 0.687. The largest absolute Gasteiger partial charge is 0.268 e. The molecule has 0 aliphatic rings. The Labute approximate surface area is 123 Å². The zero-order valence-corrected chi connectivity index (χ0v) is 12.0. The van der Waals surface area contributed by atoms with Crippen molar-refractivity contribution in [3.8, 4) is 11.1 Å². The van der Waals surface area contributed by atoms with E-state index in [1.54, 1.807) is 0 Å². The first-order valence-electron chi connectivity index (χ1n) is 6.55. The summed E-state index contributed by atoms with van der Waals surface area (Å²) in [5.74, 6) is 0. The van der Waals surface area contributed by atoms with Crippen LogP contribution >= 0.6 is 11.6 Å². The average molecular weight is 283 g/mol. The lowest BCUT2D eigenvalue weighted by Crippen LogP contribution is -1.99. The monoisotopic (exact) mass is 282 g/mol. The van der Waals surface area contributed by atoms with Gasteiger partial charge in [-0.15, -0.1) is 0 Å². The zero-order chi connectivity index (χ0) is 13.9. The van der Waals surface area contributed by atoms with Gasteiger partial charge in [-0.1, -0.05) is 53.6 Å². The number of rotatable bonds is 3. The van der Waals surface area contributed by atoms with Crippen molar-refractivity contribution in [2.24, 2.45) is 0 Å². The minimum Gasteiger partial charge on any atom is -0.268 e. The second-order valence-electron chi connectivity index (χ2n) is 4.92. The summed E-state index contributed by atoms with van der Waals surface area (Å²) >= 11 is 5.89. The fourth-order valence-electron chi connectivity index (χ4n) is 2.12. The molecule has 0 radical (unpaired) electrons. The molecule has 2 aromatic carbocycles. The van der Waals surface area contributed by atoms with Crippen LogP contribution in [0.2, 0.25) is 5.02 Å². The Bertz CT molecular complexity index is 697. The molecule has 1 heterocycles. The molecule has 0 aliphatic heterocycles. The summed E-state index contributed by atoms with van der Waals surface area (Å²) < 4.78 is 1.94. The van der Waals surface area contributed by atoms with Crippen LogP contribution in [0.5, 0.6) is 0 Å². The first-order valence-corrected chi connectivity index (χ1v) is 6.92. The van der Waals surface area contributed by atoms with Gasteiger partial charge in [0.1, 0.15) is 0 Å². The summed E-state index contributed by atoms with van der Waals surface area (Å²) in [6.07, 6.45) is 3.97. The van der Waals surface area contributed by atoms with Gasteiger partial charge >= 0.3 is 0 Å². The van der Waals surface area contributed by atoms with E-state index in [9.17, 15) is 0 Å². The maximum Gasteiger partial charge on any atom is 0.0659 e. The highest BCUT2D eigenvalue weighted by Crippen LogP contribution is 2.19. The molecule has 3 rings (SSSR count). The molecule has 2 nitrogen and oxygen atoms in total. The van der Waals surface area contributed by atoms with Crippen molar-refractivity contribution in [1.29, 1.82) is 0 Å². The predicted molar refractivity (Wildman–Crippen MR) is 83.0 cm³/mol. The van der Waals surface area contributed by atoms with Gasteiger partial charge in [0, 0.05) is 16.8 Å². The van der Waals surface area contributed by atoms with Crippen LogP contribution in [0.15, 0.2) is 60.9 Å². The Morgan fingerprint density at radius 1 is 0.950 bits per heavy atom. The van der Waals surface area contributed by atoms with E-state index in [2.05, 4.69) is 42.5 Å². The first kappa shape index (κ1) is 12.9. The lowest BCUT2D eigenvalue weighted by atomic mass is 10.1. The molecule has 0 aliphatic carbocycles. The molecule has 0 atom stereocenters. The van der Waals surface area contributed by atoms with Gasteiger partial charge in [0.15, 0.2) is 0 Å². The van der Waals surface area contributed by atoms with Crippen LogP contribution in [-0.4, -0.2) is 9.78 Å². The van der Waals surface area contributed by atoms with Crippen molar-refractivity contribution in [2.45, 2.75) is 13.5 Å². The molecule has 0 saturated heterocycles. The summed E-state index contributed by atoms with van der Waals surface area (Å²) in [6.45, 7) is 2.84. The number of aromatic nitrogens is 2. The van der Waals surface area contributed by atoms with Crippen LogP contribution in [0.1, 0.15) is 11.1 Å². The van der Waals surface area contributed by atoms with E-state index in [1.165, 1.54) is 16.7 Å². The molecule has 0 bridgehead atoms. The van der Waals surface area contributed by atoms with Crippen molar-refractivity contribution in [1.82, 2.24) is 9.78 Å². The summed E-state index contributed by atoms with van der Waals surface area (Å²) in [6, 6.07) is 16.3. The quantitative estimate of drug-likeness (QED) is 0.688. The first-order chi connectivity index (χ1) is 9.70. The fourth-order valence-corrected chi connectivity index (χ4v) is 2.25. The number of benzene rings is 2. The average Bonchev–Trinajstić information content (AvgIpc) is 2.91. The van der Waals surface area contributed by atoms with E-state index in [0.29, 0.717) is 0 Å². The van der Waals surface area contributed by atoms with E-state index in [0.717, 1.165) is 17.1 Å². The SMILES string of the molecule is Cc1ccc(-c2cnn(Cc3ccc(Cl)cc3)c2)cc1. The van der Waals surface area contributed by atoms with Crippen molar-refractivity contribution in [3.63, 3.8) is 0 Å². The summed E-state index contributed by atoms with van der Waals surface area (Å²) in [5, 5.41) is 5.18. The molecule has 20 heavy (non-hydrogen) atoms. The van der Waals surface area contributed by atoms with E-state index in [-0.39, 0.29) is 0 Å². The molecular weight excluding hydrogens is 268 g/mol. The van der Waals surface area contributed by atoms with Crippen LogP contribution < -0.4 is 0 Å². The van der Waals surface area contributed by atoms with Gasteiger partial charge in [-0.2, -0.15) is 5.10 Å².